The highest BCUT2D eigenvalue weighted by atomic mass is 35.5. The quantitative estimate of drug-likeness (QED) is 0.457. The van der Waals surface area contributed by atoms with Gasteiger partial charge in [0, 0.05) is 12.2 Å². The monoisotopic (exact) mass is 456 g/mol. The second-order valence-electron chi connectivity index (χ2n) is 6.92. The molecule has 0 aromatic heterocycles. The molecule has 0 spiro atoms. The van der Waals surface area contributed by atoms with E-state index in [-0.39, 0.29) is 28.9 Å². The number of methoxy groups -OCH3 is 1. The Kier molecular flexibility index (Phi) is 8.73. The van der Waals surface area contributed by atoms with E-state index in [1.54, 1.807) is 39.0 Å². The minimum absolute atomic E-state index is 0.0696. The Morgan fingerprint density at radius 1 is 1.20 bits per heavy atom. The van der Waals surface area contributed by atoms with Crippen molar-refractivity contribution in [2.45, 2.75) is 32.8 Å². The highest BCUT2D eigenvalue weighted by Gasteiger charge is 2.40. The van der Waals surface area contributed by atoms with Crippen molar-refractivity contribution in [3.63, 3.8) is 0 Å². The summed E-state index contributed by atoms with van der Waals surface area (Å²) in [5.41, 5.74) is 7.40. The zero-order valence-corrected chi connectivity index (χ0v) is 18.9. The minimum Gasteiger partial charge on any atom is -0.466 e. The molecule has 164 valence electrons. The van der Waals surface area contributed by atoms with Crippen LogP contribution in [-0.2, 0) is 23.8 Å². The smallest absolute Gasteiger partial charge is 0.337 e. The molecule has 0 amide bonds. The van der Waals surface area contributed by atoms with Crippen molar-refractivity contribution in [2.75, 3.05) is 26.9 Å². The molecule has 9 heteroatoms. The molecule has 1 unspecified atom stereocenters. The lowest BCUT2D eigenvalue weighted by Gasteiger charge is -2.32. The average molecular weight is 457 g/mol. The Labute approximate surface area is 186 Å². The number of nitrogens with two attached hydrogens (primary N) is 1. The third-order valence-corrected chi connectivity index (χ3v) is 5.25. The van der Waals surface area contributed by atoms with E-state index in [4.69, 9.17) is 43.1 Å². The van der Waals surface area contributed by atoms with Gasteiger partial charge in [0.05, 0.1) is 59.2 Å². The van der Waals surface area contributed by atoms with Crippen LogP contribution < -0.4 is 11.1 Å². The van der Waals surface area contributed by atoms with E-state index < -0.39 is 17.9 Å². The minimum atomic E-state index is -0.854. The van der Waals surface area contributed by atoms with Crippen LogP contribution in [0.5, 0.6) is 0 Å². The number of nitrogens with one attached hydrogen (secondary N) is 1. The van der Waals surface area contributed by atoms with Crippen LogP contribution in [0.25, 0.3) is 0 Å². The molecule has 0 saturated heterocycles. The van der Waals surface area contributed by atoms with Crippen LogP contribution in [0.3, 0.4) is 0 Å². The molecule has 0 saturated carbocycles. The number of carbonyl (C=O) groups excluding carboxylic acids is 2. The first kappa shape index (κ1) is 24.2. The molecule has 0 radical (unpaired) electrons. The predicted molar refractivity (Wildman–Crippen MR) is 115 cm³/mol. The van der Waals surface area contributed by atoms with E-state index in [0.29, 0.717) is 35.1 Å². The van der Waals surface area contributed by atoms with Crippen molar-refractivity contribution in [3.8, 4) is 0 Å². The van der Waals surface area contributed by atoms with E-state index in [0.717, 1.165) is 0 Å². The molecule has 1 aromatic carbocycles. The Balaban J connectivity index is 2.74. The van der Waals surface area contributed by atoms with Gasteiger partial charge in [0.15, 0.2) is 0 Å². The second kappa shape index (κ2) is 10.8. The predicted octanol–water partition coefficient (Wildman–Crippen LogP) is 3.31. The maximum absolute atomic E-state index is 13.1. The first-order valence-corrected chi connectivity index (χ1v) is 10.2. The number of hydrogen-bond acceptors (Lipinski definition) is 7. The molecule has 1 atom stereocenters. The SMILES string of the molecule is COC(=O)C1=C(C)NC(COCCN)=C(C(=O)OC(C)C)C1c1cccc(Cl)c1Cl. The van der Waals surface area contributed by atoms with Gasteiger partial charge >= 0.3 is 11.9 Å². The summed E-state index contributed by atoms with van der Waals surface area (Å²) in [7, 11) is 1.27. The normalized spacial score (nSPS) is 16.6. The van der Waals surface area contributed by atoms with Crippen molar-refractivity contribution in [2.24, 2.45) is 5.73 Å². The largest absolute Gasteiger partial charge is 0.466 e. The van der Waals surface area contributed by atoms with Gasteiger partial charge in [-0.25, -0.2) is 9.59 Å². The third kappa shape index (κ3) is 5.35. The molecule has 30 heavy (non-hydrogen) atoms. The molecule has 0 aliphatic carbocycles. The third-order valence-electron chi connectivity index (χ3n) is 4.41. The number of allylic oxidation sites excluding steroid dienone is 1. The number of carbonyl (C=O) groups is 2. The number of halogens is 2. The van der Waals surface area contributed by atoms with Gasteiger partial charge in [-0.1, -0.05) is 35.3 Å². The lowest BCUT2D eigenvalue weighted by Crippen LogP contribution is -2.35. The lowest BCUT2D eigenvalue weighted by molar-refractivity contribution is -0.143. The van der Waals surface area contributed by atoms with Crippen molar-refractivity contribution in [1.82, 2.24) is 5.32 Å². The molecule has 1 heterocycles. The molecule has 3 N–H and O–H groups in total. The van der Waals surface area contributed by atoms with Gasteiger partial charge in [-0.05, 0) is 32.4 Å². The van der Waals surface area contributed by atoms with Gasteiger partial charge in [0.25, 0.3) is 0 Å². The maximum Gasteiger partial charge on any atom is 0.337 e. The lowest BCUT2D eigenvalue weighted by atomic mass is 9.80. The van der Waals surface area contributed by atoms with Crippen molar-refractivity contribution < 1.29 is 23.8 Å². The van der Waals surface area contributed by atoms with Gasteiger partial charge in [0.2, 0.25) is 0 Å². The van der Waals surface area contributed by atoms with Crippen LogP contribution in [0, 0.1) is 0 Å². The topological polar surface area (TPSA) is 99.9 Å². The summed E-state index contributed by atoms with van der Waals surface area (Å²) < 4.78 is 16.0. The summed E-state index contributed by atoms with van der Waals surface area (Å²) >= 11 is 12.7. The number of dihydropyridines is 1. The molecule has 1 aliphatic rings. The van der Waals surface area contributed by atoms with Crippen molar-refractivity contribution >= 4 is 35.1 Å². The van der Waals surface area contributed by atoms with Crippen molar-refractivity contribution in [3.05, 3.63) is 56.3 Å². The van der Waals surface area contributed by atoms with Crippen LogP contribution in [-0.4, -0.2) is 44.9 Å². The molecule has 2 rings (SSSR count). The summed E-state index contributed by atoms with van der Waals surface area (Å²) in [6.45, 7) is 5.88. The fourth-order valence-electron chi connectivity index (χ4n) is 3.22. The Hall–Kier alpha value is -2.06. The molecule has 7 nitrogen and oxygen atoms in total. The summed E-state index contributed by atoms with van der Waals surface area (Å²) in [4.78, 5) is 25.8. The highest BCUT2D eigenvalue weighted by molar-refractivity contribution is 6.42. The molecule has 0 fully saturated rings. The number of rotatable bonds is 8. The molecule has 1 aromatic rings. The highest BCUT2D eigenvalue weighted by Crippen LogP contribution is 2.43. The Bertz CT molecular complexity index is 880. The molecule has 0 bridgehead atoms. The molecular formula is C21H26Cl2N2O5. The van der Waals surface area contributed by atoms with Gasteiger partial charge in [-0.3, -0.25) is 0 Å². The summed E-state index contributed by atoms with van der Waals surface area (Å²) in [6.07, 6.45) is -0.375. The van der Waals surface area contributed by atoms with E-state index in [1.807, 2.05) is 0 Å². The fraction of sp³-hybridized carbons (Fsp3) is 0.429. The van der Waals surface area contributed by atoms with Crippen LogP contribution in [0.15, 0.2) is 40.7 Å². The van der Waals surface area contributed by atoms with Gasteiger partial charge in [-0.2, -0.15) is 0 Å². The number of benzene rings is 1. The first-order chi connectivity index (χ1) is 14.2. The van der Waals surface area contributed by atoms with Gasteiger partial charge < -0.3 is 25.3 Å². The molecule has 1 aliphatic heterocycles. The van der Waals surface area contributed by atoms with Gasteiger partial charge in [-0.15, -0.1) is 0 Å². The fourth-order valence-corrected chi connectivity index (χ4v) is 3.64. The van der Waals surface area contributed by atoms with Crippen molar-refractivity contribution in [1.29, 1.82) is 0 Å². The Morgan fingerprint density at radius 2 is 1.90 bits per heavy atom. The number of esters is 2. The van der Waals surface area contributed by atoms with E-state index in [2.05, 4.69) is 5.32 Å². The zero-order valence-electron chi connectivity index (χ0n) is 17.4. The van der Waals surface area contributed by atoms with Crippen LogP contribution >= 0.6 is 23.2 Å². The van der Waals surface area contributed by atoms with Crippen LogP contribution in [0.4, 0.5) is 0 Å². The summed E-state index contributed by atoms with van der Waals surface area (Å²) in [5.74, 6) is -2.05. The standard InChI is InChI=1S/C21H26Cl2N2O5/c1-11(2)30-21(27)18-15(10-29-9-8-24)25-12(3)16(20(26)28-4)17(18)13-6-5-7-14(22)19(13)23/h5-7,11,17,25H,8-10,24H2,1-4H3. The van der Waals surface area contributed by atoms with Gasteiger partial charge in [0.1, 0.15) is 0 Å². The first-order valence-electron chi connectivity index (χ1n) is 9.44. The maximum atomic E-state index is 13.1. The van der Waals surface area contributed by atoms with E-state index >= 15 is 0 Å². The van der Waals surface area contributed by atoms with E-state index in [9.17, 15) is 9.59 Å². The Morgan fingerprint density at radius 3 is 2.50 bits per heavy atom. The molecular weight excluding hydrogens is 431 g/mol. The van der Waals surface area contributed by atoms with E-state index in [1.165, 1.54) is 7.11 Å². The summed E-state index contributed by atoms with van der Waals surface area (Å²) in [6, 6.07) is 5.04. The number of hydrogen-bond donors (Lipinski definition) is 2. The zero-order chi connectivity index (χ0) is 22.4. The van der Waals surface area contributed by atoms with Crippen LogP contribution in [0.1, 0.15) is 32.3 Å². The number of ether oxygens (including phenoxy) is 3. The second-order valence-corrected chi connectivity index (χ2v) is 7.70. The van der Waals surface area contributed by atoms with Crippen LogP contribution in [0.2, 0.25) is 10.0 Å². The average Bonchev–Trinajstić information content (AvgIpc) is 2.68. The summed E-state index contributed by atoms with van der Waals surface area (Å²) in [5, 5.41) is 3.63.